The Bertz CT molecular complexity index is 782. The number of fused-ring (bicyclic) bond motifs is 1. The normalized spacial score (nSPS) is 15.7. The smallest absolute Gasteiger partial charge is 0.338 e. The Morgan fingerprint density at radius 1 is 1.17 bits per heavy atom. The summed E-state index contributed by atoms with van der Waals surface area (Å²) in [5.41, 5.74) is 2.78. The van der Waals surface area contributed by atoms with Crippen LogP contribution in [-0.4, -0.2) is 30.8 Å². The molecule has 0 N–H and O–H groups in total. The Balaban J connectivity index is 1.65. The third-order valence-corrected chi connectivity index (χ3v) is 4.09. The van der Waals surface area contributed by atoms with Gasteiger partial charge in [0.15, 0.2) is 6.61 Å². The van der Waals surface area contributed by atoms with Crippen molar-refractivity contribution in [2.75, 3.05) is 11.5 Å². The predicted molar refractivity (Wildman–Crippen MR) is 89.2 cm³/mol. The van der Waals surface area contributed by atoms with Crippen LogP contribution in [0.3, 0.4) is 0 Å². The van der Waals surface area contributed by atoms with Gasteiger partial charge >= 0.3 is 5.97 Å². The zero-order chi connectivity index (χ0) is 17.1. The van der Waals surface area contributed by atoms with E-state index in [-0.39, 0.29) is 18.6 Å². The van der Waals surface area contributed by atoms with Crippen molar-refractivity contribution in [3.8, 4) is 0 Å². The number of anilines is 1. The van der Waals surface area contributed by atoms with Crippen molar-refractivity contribution < 1.29 is 19.1 Å². The van der Waals surface area contributed by atoms with Crippen molar-refractivity contribution in [1.29, 1.82) is 0 Å². The Morgan fingerprint density at radius 2 is 1.88 bits per heavy atom. The van der Waals surface area contributed by atoms with Crippen LogP contribution in [0.2, 0.25) is 0 Å². The molecule has 1 aliphatic rings. The van der Waals surface area contributed by atoms with E-state index in [0.29, 0.717) is 17.4 Å². The third kappa shape index (κ3) is 3.06. The Morgan fingerprint density at radius 3 is 2.58 bits per heavy atom. The summed E-state index contributed by atoms with van der Waals surface area (Å²) < 4.78 is 5.12. The highest BCUT2D eigenvalue weighted by molar-refractivity contribution is 5.99. The Hall–Kier alpha value is -2.95. The van der Waals surface area contributed by atoms with Gasteiger partial charge in [0.2, 0.25) is 0 Å². The van der Waals surface area contributed by atoms with Crippen molar-refractivity contribution >= 4 is 23.9 Å². The molecule has 0 fully saturated rings. The minimum atomic E-state index is -0.582. The van der Waals surface area contributed by atoms with Gasteiger partial charge in [-0.2, -0.15) is 0 Å². The molecular weight excluding hydrogens is 306 g/mol. The number of benzene rings is 2. The number of hydrogen-bond donors (Lipinski definition) is 0. The highest BCUT2D eigenvalue weighted by Crippen LogP contribution is 2.31. The zero-order valence-corrected chi connectivity index (χ0v) is 13.3. The molecular formula is C19H17NO4. The zero-order valence-electron chi connectivity index (χ0n) is 13.3. The SMILES string of the molecule is CC1Cc2ccccc2N1C(=O)COC(=O)c1ccc(C=O)cc1. The molecule has 0 radical (unpaired) electrons. The number of hydrogen-bond acceptors (Lipinski definition) is 4. The van der Waals surface area contributed by atoms with Crippen LogP contribution in [-0.2, 0) is 16.0 Å². The summed E-state index contributed by atoms with van der Waals surface area (Å²) in [6.07, 6.45) is 1.49. The first-order valence-electron chi connectivity index (χ1n) is 7.72. The molecule has 3 rings (SSSR count). The molecule has 24 heavy (non-hydrogen) atoms. The van der Waals surface area contributed by atoms with Crippen LogP contribution in [0, 0.1) is 0 Å². The molecule has 2 aromatic carbocycles. The van der Waals surface area contributed by atoms with E-state index in [9.17, 15) is 14.4 Å². The van der Waals surface area contributed by atoms with E-state index >= 15 is 0 Å². The number of rotatable bonds is 4. The van der Waals surface area contributed by atoms with Gasteiger partial charge in [0, 0.05) is 17.3 Å². The van der Waals surface area contributed by atoms with E-state index < -0.39 is 5.97 Å². The van der Waals surface area contributed by atoms with Gasteiger partial charge in [-0.15, -0.1) is 0 Å². The first-order valence-corrected chi connectivity index (χ1v) is 7.72. The number of aldehydes is 1. The third-order valence-electron chi connectivity index (χ3n) is 4.09. The minimum absolute atomic E-state index is 0.0421. The Labute approximate surface area is 139 Å². The van der Waals surface area contributed by atoms with Crippen molar-refractivity contribution in [3.05, 3.63) is 65.2 Å². The molecule has 5 heteroatoms. The second-order valence-corrected chi connectivity index (χ2v) is 5.76. The summed E-state index contributed by atoms with van der Waals surface area (Å²) in [6, 6.07) is 13.8. The van der Waals surface area contributed by atoms with E-state index in [1.165, 1.54) is 24.3 Å². The molecule has 0 bridgehead atoms. The lowest BCUT2D eigenvalue weighted by molar-refractivity contribution is -0.122. The lowest BCUT2D eigenvalue weighted by atomic mass is 10.1. The molecule has 0 aromatic heterocycles. The van der Waals surface area contributed by atoms with E-state index in [2.05, 4.69) is 0 Å². The molecule has 5 nitrogen and oxygen atoms in total. The summed E-state index contributed by atoms with van der Waals surface area (Å²) in [5, 5.41) is 0. The standard InChI is InChI=1S/C19H17NO4/c1-13-10-16-4-2-3-5-17(16)20(13)18(22)12-24-19(23)15-8-6-14(11-21)7-9-15/h2-9,11,13H,10,12H2,1H3. The number of esters is 1. The quantitative estimate of drug-likeness (QED) is 0.641. The molecule has 1 heterocycles. The Kier molecular flexibility index (Phi) is 4.42. The van der Waals surface area contributed by atoms with Gasteiger partial charge < -0.3 is 9.64 Å². The van der Waals surface area contributed by atoms with Crippen molar-refractivity contribution in [1.82, 2.24) is 0 Å². The van der Waals surface area contributed by atoms with Gasteiger partial charge in [-0.3, -0.25) is 9.59 Å². The number of para-hydroxylation sites is 1. The van der Waals surface area contributed by atoms with Crippen molar-refractivity contribution in [2.45, 2.75) is 19.4 Å². The number of carbonyl (C=O) groups is 3. The first-order chi connectivity index (χ1) is 11.6. The van der Waals surface area contributed by atoms with Gasteiger partial charge in [-0.25, -0.2) is 4.79 Å². The van der Waals surface area contributed by atoms with E-state index in [0.717, 1.165) is 17.7 Å². The van der Waals surface area contributed by atoms with Crippen LogP contribution < -0.4 is 4.90 Å². The van der Waals surface area contributed by atoms with E-state index in [4.69, 9.17) is 4.74 Å². The van der Waals surface area contributed by atoms with E-state index in [1.807, 2.05) is 31.2 Å². The maximum atomic E-state index is 12.5. The predicted octanol–water partition coefficient (Wildman–Crippen LogP) is 2.63. The number of carbonyl (C=O) groups excluding carboxylic acids is 3. The monoisotopic (exact) mass is 323 g/mol. The second kappa shape index (κ2) is 6.66. The van der Waals surface area contributed by atoms with E-state index in [1.54, 1.807) is 4.90 Å². The molecule has 1 aliphatic heterocycles. The van der Waals surface area contributed by atoms with Crippen LogP contribution >= 0.6 is 0 Å². The number of nitrogens with zero attached hydrogens (tertiary/aromatic N) is 1. The average Bonchev–Trinajstić information content (AvgIpc) is 2.95. The van der Waals surface area contributed by atoms with Crippen LogP contribution in [0.5, 0.6) is 0 Å². The summed E-state index contributed by atoms with van der Waals surface area (Å²) in [4.78, 5) is 36.8. The fraction of sp³-hybridized carbons (Fsp3) is 0.211. The second-order valence-electron chi connectivity index (χ2n) is 5.76. The summed E-state index contributed by atoms with van der Waals surface area (Å²) >= 11 is 0. The maximum absolute atomic E-state index is 12.5. The van der Waals surface area contributed by atoms with Gasteiger partial charge in [0.1, 0.15) is 6.29 Å². The molecule has 0 spiro atoms. The molecule has 2 aromatic rings. The number of ether oxygens (including phenoxy) is 1. The fourth-order valence-electron chi connectivity index (χ4n) is 2.92. The van der Waals surface area contributed by atoms with Crippen molar-refractivity contribution in [2.24, 2.45) is 0 Å². The number of amides is 1. The average molecular weight is 323 g/mol. The maximum Gasteiger partial charge on any atom is 0.338 e. The van der Waals surface area contributed by atoms with Gasteiger partial charge in [0.05, 0.1) is 5.56 Å². The molecule has 1 unspecified atom stereocenters. The van der Waals surface area contributed by atoms with Crippen LogP contribution in [0.4, 0.5) is 5.69 Å². The molecule has 1 atom stereocenters. The van der Waals surface area contributed by atoms with Gasteiger partial charge in [0.25, 0.3) is 5.91 Å². The molecule has 0 saturated heterocycles. The lowest BCUT2D eigenvalue weighted by Crippen LogP contribution is -2.38. The first kappa shape index (κ1) is 15.9. The lowest BCUT2D eigenvalue weighted by Gasteiger charge is -2.22. The summed E-state index contributed by atoms with van der Waals surface area (Å²) in [6.45, 7) is 1.66. The van der Waals surface area contributed by atoms with Crippen LogP contribution in [0.25, 0.3) is 0 Å². The van der Waals surface area contributed by atoms with Crippen LogP contribution in [0.1, 0.15) is 33.2 Å². The highest BCUT2D eigenvalue weighted by Gasteiger charge is 2.30. The summed E-state index contributed by atoms with van der Waals surface area (Å²) in [5.74, 6) is -0.828. The topological polar surface area (TPSA) is 63.7 Å². The highest BCUT2D eigenvalue weighted by atomic mass is 16.5. The molecule has 122 valence electrons. The van der Waals surface area contributed by atoms with Gasteiger partial charge in [-0.1, -0.05) is 30.3 Å². The van der Waals surface area contributed by atoms with Gasteiger partial charge in [-0.05, 0) is 37.1 Å². The van der Waals surface area contributed by atoms with Crippen LogP contribution in [0.15, 0.2) is 48.5 Å². The molecule has 1 amide bonds. The minimum Gasteiger partial charge on any atom is -0.452 e. The van der Waals surface area contributed by atoms with Crippen molar-refractivity contribution in [3.63, 3.8) is 0 Å². The molecule has 0 saturated carbocycles. The molecule has 0 aliphatic carbocycles. The summed E-state index contributed by atoms with van der Waals surface area (Å²) in [7, 11) is 0. The largest absolute Gasteiger partial charge is 0.452 e. The fourth-order valence-corrected chi connectivity index (χ4v) is 2.92.